The summed E-state index contributed by atoms with van der Waals surface area (Å²) in [5.74, 6) is 0.401. The first-order valence-electron chi connectivity index (χ1n) is 8.70. The summed E-state index contributed by atoms with van der Waals surface area (Å²) >= 11 is 1.39. The number of carbonyl (C=O) groups excluding carboxylic acids is 1. The molecule has 126 valence electrons. The van der Waals surface area contributed by atoms with Gasteiger partial charge in [0.05, 0.1) is 11.3 Å². The molecule has 1 aromatic heterocycles. The average Bonchev–Trinajstić information content (AvgIpc) is 3.12. The Bertz CT molecular complexity index is 872. The highest BCUT2D eigenvalue weighted by Crippen LogP contribution is 2.30. The van der Waals surface area contributed by atoms with Gasteiger partial charge in [0.15, 0.2) is 0 Å². The lowest BCUT2D eigenvalue weighted by Gasteiger charge is -2.29. The van der Waals surface area contributed by atoms with E-state index in [-0.39, 0.29) is 5.91 Å². The number of pyridine rings is 1. The fourth-order valence-corrected chi connectivity index (χ4v) is 4.49. The molecule has 2 aliphatic rings. The van der Waals surface area contributed by atoms with Crippen LogP contribution < -0.4 is 4.90 Å². The molecular formula is C20H19N3OS. The van der Waals surface area contributed by atoms with Crippen molar-refractivity contribution in [2.75, 3.05) is 17.2 Å². The zero-order valence-electron chi connectivity index (χ0n) is 14.0. The molecular weight excluding hydrogens is 330 g/mol. The van der Waals surface area contributed by atoms with Crippen LogP contribution in [0.4, 0.5) is 5.69 Å². The first-order valence-corrected chi connectivity index (χ1v) is 9.69. The molecule has 4 nitrogen and oxygen atoms in total. The van der Waals surface area contributed by atoms with Gasteiger partial charge in [-0.2, -0.15) is 5.26 Å². The molecule has 1 aliphatic heterocycles. The normalized spacial score (nSPS) is 15.4. The smallest absolute Gasteiger partial charge is 0.237 e. The standard InChI is InChI=1S/C20H19N3OS/c21-12-16-11-15-6-3-8-17(15)22-20(16)25-13-19(24)23-10-4-7-14-5-1-2-9-18(14)23/h1-2,5,9,11H,3-4,6-8,10,13H2. The molecule has 1 aromatic carbocycles. The zero-order chi connectivity index (χ0) is 17.2. The van der Waals surface area contributed by atoms with Crippen LogP contribution in [0.2, 0.25) is 0 Å². The Hall–Kier alpha value is -2.32. The van der Waals surface area contributed by atoms with Gasteiger partial charge in [-0.1, -0.05) is 30.0 Å². The van der Waals surface area contributed by atoms with Gasteiger partial charge < -0.3 is 4.90 Å². The summed E-state index contributed by atoms with van der Waals surface area (Å²) < 4.78 is 0. The molecule has 0 radical (unpaired) electrons. The second kappa shape index (κ2) is 6.89. The van der Waals surface area contributed by atoms with E-state index in [1.807, 2.05) is 29.2 Å². The zero-order valence-corrected chi connectivity index (χ0v) is 14.8. The molecule has 0 saturated heterocycles. The van der Waals surface area contributed by atoms with Crippen LogP contribution in [0, 0.1) is 11.3 Å². The van der Waals surface area contributed by atoms with Crippen LogP contribution in [0.5, 0.6) is 0 Å². The minimum Gasteiger partial charge on any atom is -0.311 e. The number of para-hydroxylation sites is 1. The van der Waals surface area contributed by atoms with Crippen LogP contribution in [0.25, 0.3) is 0 Å². The molecule has 4 rings (SSSR count). The number of aryl methyl sites for hydroxylation is 3. The number of thioether (sulfide) groups is 1. The Morgan fingerprint density at radius 2 is 2.04 bits per heavy atom. The van der Waals surface area contributed by atoms with E-state index in [9.17, 15) is 10.1 Å². The van der Waals surface area contributed by atoms with Gasteiger partial charge in [0, 0.05) is 17.9 Å². The Morgan fingerprint density at radius 3 is 2.92 bits per heavy atom. The van der Waals surface area contributed by atoms with Crippen LogP contribution in [0.1, 0.15) is 35.2 Å². The van der Waals surface area contributed by atoms with E-state index >= 15 is 0 Å². The SMILES string of the molecule is N#Cc1cc2c(nc1SCC(=O)N1CCCc3ccccc31)CCC2. The molecule has 0 bridgehead atoms. The number of fused-ring (bicyclic) bond motifs is 2. The van der Waals surface area contributed by atoms with Crippen molar-refractivity contribution in [2.24, 2.45) is 0 Å². The van der Waals surface area contributed by atoms with E-state index < -0.39 is 0 Å². The van der Waals surface area contributed by atoms with Crippen LogP contribution in [0.15, 0.2) is 35.4 Å². The molecule has 0 atom stereocenters. The first kappa shape index (κ1) is 16.2. The maximum Gasteiger partial charge on any atom is 0.237 e. The van der Waals surface area contributed by atoms with Gasteiger partial charge in [0.25, 0.3) is 0 Å². The van der Waals surface area contributed by atoms with E-state index in [1.165, 1.54) is 22.9 Å². The topological polar surface area (TPSA) is 57.0 Å². The minimum absolute atomic E-state index is 0.0864. The minimum atomic E-state index is 0.0864. The van der Waals surface area contributed by atoms with Crippen molar-refractivity contribution >= 4 is 23.4 Å². The van der Waals surface area contributed by atoms with Gasteiger partial charge in [0.2, 0.25) is 5.91 Å². The quantitative estimate of drug-likeness (QED) is 0.796. The third kappa shape index (κ3) is 3.14. The summed E-state index contributed by atoms with van der Waals surface area (Å²) in [5.41, 5.74) is 5.15. The highest BCUT2D eigenvalue weighted by Gasteiger charge is 2.23. The number of anilines is 1. The van der Waals surface area contributed by atoms with E-state index in [0.29, 0.717) is 16.3 Å². The number of hydrogen-bond acceptors (Lipinski definition) is 4. The highest BCUT2D eigenvalue weighted by molar-refractivity contribution is 8.00. The van der Waals surface area contributed by atoms with Gasteiger partial charge in [-0.3, -0.25) is 4.79 Å². The molecule has 1 aliphatic carbocycles. The third-order valence-electron chi connectivity index (χ3n) is 4.88. The number of nitrogens with zero attached hydrogens (tertiary/aromatic N) is 3. The van der Waals surface area contributed by atoms with Gasteiger partial charge in [-0.15, -0.1) is 0 Å². The second-order valence-electron chi connectivity index (χ2n) is 6.48. The Labute approximate surface area is 151 Å². The van der Waals surface area contributed by atoms with Crippen molar-refractivity contribution in [1.29, 1.82) is 5.26 Å². The summed E-state index contributed by atoms with van der Waals surface area (Å²) in [6, 6.07) is 12.3. The van der Waals surface area contributed by atoms with Crippen LogP contribution in [0.3, 0.4) is 0 Å². The second-order valence-corrected chi connectivity index (χ2v) is 7.44. The predicted molar refractivity (Wildman–Crippen MR) is 98.8 cm³/mol. The molecule has 1 amide bonds. The molecule has 0 saturated carbocycles. The maximum absolute atomic E-state index is 12.8. The van der Waals surface area contributed by atoms with Crippen molar-refractivity contribution in [3.63, 3.8) is 0 Å². The lowest BCUT2D eigenvalue weighted by Crippen LogP contribution is -2.36. The largest absolute Gasteiger partial charge is 0.311 e. The average molecular weight is 349 g/mol. The van der Waals surface area contributed by atoms with Crippen LogP contribution >= 0.6 is 11.8 Å². The van der Waals surface area contributed by atoms with Crippen LogP contribution in [-0.2, 0) is 24.1 Å². The van der Waals surface area contributed by atoms with Gasteiger partial charge in [0.1, 0.15) is 11.1 Å². The number of rotatable bonds is 3. The summed E-state index contributed by atoms with van der Waals surface area (Å²) in [6.07, 6.45) is 5.10. The molecule has 0 N–H and O–H groups in total. The highest BCUT2D eigenvalue weighted by atomic mass is 32.2. The number of benzene rings is 1. The van der Waals surface area contributed by atoms with Crippen molar-refractivity contribution in [3.05, 3.63) is 52.7 Å². The summed E-state index contributed by atoms with van der Waals surface area (Å²) in [7, 11) is 0. The first-order chi connectivity index (χ1) is 12.3. The molecule has 5 heteroatoms. The molecule has 25 heavy (non-hydrogen) atoms. The van der Waals surface area contributed by atoms with E-state index in [2.05, 4.69) is 17.1 Å². The van der Waals surface area contributed by atoms with E-state index in [4.69, 9.17) is 0 Å². The number of hydrogen-bond donors (Lipinski definition) is 0. The Kier molecular flexibility index (Phi) is 4.46. The van der Waals surface area contributed by atoms with Crippen molar-refractivity contribution in [3.8, 4) is 6.07 Å². The Balaban J connectivity index is 1.51. The molecule has 0 fully saturated rings. The number of aromatic nitrogens is 1. The number of nitriles is 1. The predicted octanol–water partition coefficient (Wildman–Crippen LogP) is 3.51. The molecule has 0 unspecified atom stereocenters. The molecule has 2 heterocycles. The van der Waals surface area contributed by atoms with Crippen molar-refractivity contribution in [1.82, 2.24) is 4.98 Å². The fourth-order valence-electron chi connectivity index (χ4n) is 3.64. The Morgan fingerprint density at radius 1 is 1.20 bits per heavy atom. The molecule has 0 spiro atoms. The third-order valence-corrected chi connectivity index (χ3v) is 5.86. The summed E-state index contributed by atoms with van der Waals surface area (Å²) in [6.45, 7) is 0.763. The van der Waals surface area contributed by atoms with Crippen molar-refractivity contribution in [2.45, 2.75) is 37.1 Å². The number of carbonyl (C=O) groups is 1. The fraction of sp³-hybridized carbons (Fsp3) is 0.350. The van der Waals surface area contributed by atoms with Crippen molar-refractivity contribution < 1.29 is 4.79 Å². The lowest BCUT2D eigenvalue weighted by molar-refractivity contribution is -0.116. The monoisotopic (exact) mass is 349 g/mol. The maximum atomic E-state index is 12.8. The lowest BCUT2D eigenvalue weighted by atomic mass is 10.0. The van der Waals surface area contributed by atoms with Gasteiger partial charge in [-0.25, -0.2) is 4.98 Å². The number of amides is 1. The summed E-state index contributed by atoms with van der Waals surface area (Å²) in [4.78, 5) is 19.3. The van der Waals surface area contributed by atoms with E-state index in [1.54, 1.807) is 0 Å². The van der Waals surface area contributed by atoms with Gasteiger partial charge >= 0.3 is 0 Å². The van der Waals surface area contributed by atoms with E-state index in [0.717, 1.165) is 50.0 Å². The molecule has 2 aromatic rings. The van der Waals surface area contributed by atoms with Gasteiger partial charge in [-0.05, 0) is 55.4 Å². The summed E-state index contributed by atoms with van der Waals surface area (Å²) in [5, 5.41) is 10.1. The van der Waals surface area contributed by atoms with Crippen LogP contribution in [-0.4, -0.2) is 23.2 Å².